The van der Waals surface area contributed by atoms with Gasteiger partial charge >= 0.3 is 0 Å². The van der Waals surface area contributed by atoms with Crippen molar-refractivity contribution >= 4 is 23.2 Å². The van der Waals surface area contributed by atoms with E-state index in [1.807, 2.05) is 6.92 Å². The Balaban J connectivity index is 2.41. The lowest BCUT2D eigenvalue weighted by Crippen LogP contribution is -2.24. The molecule has 0 amide bonds. The Morgan fingerprint density at radius 3 is 2.05 bits per heavy atom. The average Bonchev–Trinajstić information content (AvgIpc) is 2.42. The quantitative estimate of drug-likeness (QED) is 0.798. The van der Waals surface area contributed by atoms with Crippen molar-refractivity contribution in [1.29, 1.82) is 0 Å². The zero-order valence-electron chi connectivity index (χ0n) is 11.5. The van der Waals surface area contributed by atoms with Crippen molar-refractivity contribution in [3.8, 4) is 0 Å². The molecule has 5 heteroatoms. The van der Waals surface area contributed by atoms with Gasteiger partial charge in [-0.3, -0.25) is 0 Å². The van der Waals surface area contributed by atoms with E-state index < -0.39 is 11.6 Å². The Kier molecular flexibility index (Phi) is 5.57. The summed E-state index contributed by atoms with van der Waals surface area (Å²) in [5.74, 6) is -1.14. The molecule has 21 heavy (non-hydrogen) atoms. The summed E-state index contributed by atoms with van der Waals surface area (Å²) in [7, 11) is 0. The second-order valence-corrected chi connectivity index (χ2v) is 5.46. The van der Waals surface area contributed by atoms with Gasteiger partial charge in [-0.1, -0.05) is 42.3 Å². The molecule has 0 aliphatic carbocycles. The van der Waals surface area contributed by atoms with Crippen LogP contribution in [0.1, 0.15) is 24.1 Å². The lowest BCUT2D eigenvalue weighted by atomic mass is 9.98. The van der Waals surface area contributed by atoms with Crippen molar-refractivity contribution < 1.29 is 8.78 Å². The summed E-state index contributed by atoms with van der Waals surface area (Å²) >= 11 is 12.4. The molecule has 2 rings (SSSR count). The van der Waals surface area contributed by atoms with E-state index in [4.69, 9.17) is 23.2 Å². The Labute approximate surface area is 132 Å². The van der Waals surface area contributed by atoms with Crippen LogP contribution in [-0.2, 0) is 6.42 Å². The van der Waals surface area contributed by atoms with Gasteiger partial charge in [-0.15, -0.1) is 0 Å². The van der Waals surface area contributed by atoms with Gasteiger partial charge < -0.3 is 5.32 Å². The maximum absolute atomic E-state index is 13.8. The van der Waals surface area contributed by atoms with Crippen molar-refractivity contribution in [2.75, 3.05) is 6.54 Å². The van der Waals surface area contributed by atoms with Crippen LogP contribution in [0, 0.1) is 11.6 Å². The van der Waals surface area contributed by atoms with Gasteiger partial charge in [0.1, 0.15) is 11.6 Å². The zero-order chi connectivity index (χ0) is 15.4. The molecule has 1 atom stereocenters. The van der Waals surface area contributed by atoms with E-state index in [-0.39, 0.29) is 18.0 Å². The Morgan fingerprint density at radius 2 is 1.52 bits per heavy atom. The van der Waals surface area contributed by atoms with Gasteiger partial charge in [0.25, 0.3) is 0 Å². The standard InChI is InChI=1S/C16H15Cl2F2N/c1-2-21-15(16-11(17)5-3-6-12(16)18)9-10-13(19)7-4-8-14(10)20/h3-8,15,21H,2,9H2,1H3. The van der Waals surface area contributed by atoms with Crippen LogP contribution in [-0.4, -0.2) is 6.54 Å². The summed E-state index contributed by atoms with van der Waals surface area (Å²) in [6, 6.07) is 8.64. The van der Waals surface area contributed by atoms with E-state index in [9.17, 15) is 8.78 Å². The number of halogens is 4. The minimum absolute atomic E-state index is 0.0273. The van der Waals surface area contributed by atoms with Crippen LogP contribution in [0.2, 0.25) is 10.0 Å². The molecule has 1 N–H and O–H groups in total. The SMILES string of the molecule is CCNC(Cc1c(F)cccc1F)c1c(Cl)cccc1Cl. The van der Waals surface area contributed by atoms with Gasteiger partial charge in [0.05, 0.1) is 0 Å². The van der Waals surface area contributed by atoms with E-state index in [2.05, 4.69) is 5.32 Å². The highest BCUT2D eigenvalue weighted by molar-refractivity contribution is 6.36. The third-order valence-corrected chi connectivity index (χ3v) is 3.93. The summed E-state index contributed by atoms with van der Waals surface area (Å²) in [6.07, 6.45) is 0.135. The second-order valence-electron chi connectivity index (χ2n) is 4.65. The van der Waals surface area contributed by atoms with Gasteiger partial charge in [0.15, 0.2) is 0 Å². The molecule has 2 aromatic rings. The Bertz CT molecular complexity index is 591. The smallest absolute Gasteiger partial charge is 0.129 e. The molecule has 0 heterocycles. The highest BCUT2D eigenvalue weighted by atomic mass is 35.5. The maximum atomic E-state index is 13.8. The first-order valence-corrected chi connectivity index (χ1v) is 7.40. The number of nitrogens with one attached hydrogen (secondary N) is 1. The van der Waals surface area contributed by atoms with Gasteiger partial charge in [-0.2, -0.15) is 0 Å². The number of likely N-dealkylation sites (N-methyl/N-ethyl adjacent to an activating group) is 1. The number of hydrogen-bond acceptors (Lipinski definition) is 1. The van der Waals surface area contributed by atoms with Crippen LogP contribution in [0.15, 0.2) is 36.4 Å². The fourth-order valence-electron chi connectivity index (χ4n) is 2.30. The number of hydrogen-bond donors (Lipinski definition) is 1. The van der Waals surface area contributed by atoms with Crippen LogP contribution < -0.4 is 5.32 Å². The third kappa shape index (κ3) is 3.73. The molecule has 0 aliphatic rings. The minimum Gasteiger partial charge on any atom is -0.310 e. The van der Waals surface area contributed by atoms with Gasteiger partial charge in [-0.05, 0) is 37.2 Å². The first-order valence-electron chi connectivity index (χ1n) is 6.64. The lowest BCUT2D eigenvalue weighted by molar-refractivity contribution is 0.499. The van der Waals surface area contributed by atoms with Crippen molar-refractivity contribution in [3.05, 3.63) is 69.2 Å². The van der Waals surface area contributed by atoms with E-state index >= 15 is 0 Å². The van der Waals surface area contributed by atoms with E-state index in [1.54, 1.807) is 18.2 Å². The molecule has 0 saturated carbocycles. The van der Waals surface area contributed by atoms with Crippen molar-refractivity contribution in [3.63, 3.8) is 0 Å². The average molecular weight is 330 g/mol. The molecule has 1 unspecified atom stereocenters. The normalized spacial score (nSPS) is 12.4. The van der Waals surface area contributed by atoms with E-state index in [1.165, 1.54) is 18.2 Å². The van der Waals surface area contributed by atoms with Crippen LogP contribution in [0.3, 0.4) is 0 Å². The summed E-state index contributed by atoms with van der Waals surface area (Å²) in [4.78, 5) is 0. The number of rotatable bonds is 5. The molecule has 0 radical (unpaired) electrons. The van der Waals surface area contributed by atoms with Crippen LogP contribution in [0.5, 0.6) is 0 Å². The molecule has 2 aromatic carbocycles. The molecular formula is C16H15Cl2F2N. The first-order chi connectivity index (χ1) is 10.0. The monoisotopic (exact) mass is 329 g/mol. The van der Waals surface area contributed by atoms with Crippen molar-refractivity contribution in [1.82, 2.24) is 5.32 Å². The zero-order valence-corrected chi connectivity index (χ0v) is 13.0. The highest BCUT2D eigenvalue weighted by Crippen LogP contribution is 2.33. The Hall–Kier alpha value is -1.16. The molecule has 112 valence electrons. The molecule has 0 spiro atoms. The molecule has 0 saturated heterocycles. The summed E-state index contributed by atoms with van der Waals surface area (Å²) in [5.41, 5.74) is 0.685. The predicted molar refractivity (Wildman–Crippen MR) is 82.9 cm³/mol. The summed E-state index contributed by atoms with van der Waals surface area (Å²) in [6.45, 7) is 2.54. The molecule has 1 nitrogen and oxygen atoms in total. The van der Waals surface area contributed by atoms with Crippen LogP contribution >= 0.6 is 23.2 Å². The molecule has 0 fully saturated rings. The number of benzene rings is 2. The van der Waals surface area contributed by atoms with Crippen LogP contribution in [0.25, 0.3) is 0 Å². The Morgan fingerprint density at radius 1 is 1.00 bits per heavy atom. The van der Waals surface area contributed by atoms with Crippen molar-refractivity contribution in [2.45, 2.75) is 19.4 Å². The molecule has 0 aliphatic heterocycles. The second kappa shape index (κ2) is 7.21. The fraction of sp³-hybridized carbons (Fsp3) is 0.250. The van der Waals surface area contributed by atoms with Crippen LogP contribution in [0.4, 0.5) is 8.78 Å². The van der Waals surface area contributed by atoms with Gasteiger partial charge in [0, 0.05) is 27.2 Å². The molecule has 0 bridgehead atoms. The first kappa shape index (κ1) is 16.2. The predicted octanol–water partition coefficient (Wildman–Crippen LogP) is 5.16. The molecule has 0 aromatic heterocycles. The summed E-state index contributed by atoms with van der Waals surface area (Å²) in [5, 5.41) is 4.14. The summed E-state index contributed by atoms with van der Waals surface area (Å²) < 4.78 is 27.7. The lowest BCUT2D eigenvalue weighted by Gasteiger charge is -2.21. The maximum Gasteiger partial charge on any atom is 0.129 e. The molecular weight excluding hydrogens is 315 g/mol. The third-order valence-electron chi connectivity index (χ3n) is 3.27. The van der Waals surface area contributed by atoms with E-state index in [0.717, 1.165) is 0 Å². The van der Waals surface area contributed by atoms with Gasteiger partial charge in [-0.25, -0.2) is 8.78 Å². The van der Waals surface area contributed by atoms with Gasteiger partial charge in [0.2, 0.25) is 0 Å². The largest absolute Gasteiger partial charge is 0.310 e. The fourth-order valence-corrected chi connectivity index (χ4v) is 2.96. The highest BCUT2D eigenvalue weighted by Gasteiger charge is 2.21. The topological polar surface area (TPSA) is 12.0 Å². The minimum atomic E-state index is -0.568. The van der Waals surface area contributed by atoms with Crippen molar-refractivity contribution in [2.24, 2.45) is 0 Å². The van der Waals surface area contributed by atoms with E-state index in [0.29, 0.717) is 22.2 Å².